The van der Waals surface area contributed by atoms with Gasteiger partial charge >= 0.3 is 12.1 Å². The smallest absolute Gasteiger partial charge is 0.393 e. The summed E-state index contributed by atoms with van der Waals surface area (Å²) >= 11 is 0. The lowest BCUT2D eigenvalue weighted by molar-refractivity contribution is -0.165. The first-order valence-corrected chi connectivity index (χ1v) is 10.1. The molecule has 170 valence electrons. The van der Waals surface area contributed by atoms with E-state index in [9.17, 15) is 18.0 Å². The lowest BCUT2D eigenvalue weighted by Crippen LogP contribution is -2.26. The molecule has 2 aromatic rings. The molecule has 0 aromatic heterocycles. The number of halogens is 3. The Labute approximate surface area is 180 Å². The number of hydrogen-bond donors (Lipinski definition) is 2. The molecule has 0 radical (unpaired) electrons. The molecule has 8 heteroatoms. The molecule has 2 N–H and O–H groups in total. The number of aliphatic carboxylic acids is 1. The van der Waals surface area contributed by atoms with Crippen molar-refractivity contribution in [1.82, 2.24) is 0 Å². The van der Waals surface area contributed by atoms with Gasteiger partial charge in [0.2, 0.25) is 0 Å². The van der Waals surface area contributed by atoms with Gasteiger partial charge in [0, 0.05) is 31.7 Å². The van der Waals surface area contributed by atoms with E-state index >= 15 is 0 Å². The van der Waals surface area contributed by atoms with Crippen LogP contribution in [0.4, 0.5) is 18.9 Å². The topological polar surface area (TPSA) is 67.8 Å². The van der Waals surface area contributed by atoms with E-state index in [0.717, 1.165) is 18.1 Å². The number of rotatable bonds is 12. The summed E-state index contributed by atoms with van der Waals surface area (Å²) < 4.78 is 48.6. The van der Waals surface area contributed by atoms with Gasteiger partial charge in [0.15, 0.2) is 6.10 Å². The Hall–Kier alpha value is -2.74. The Bertz CT molecular complexity index is 807. The van der Waals surface area contributed by atoms with E-state index in [1.165, 1.54) is 0 Å². The summed E-state index contributed by atoms with van der Waals surface area (Å²) in [6.07, 6.45) is -4.15. The van der Waals surface area contributed by atoms with E-state index in [4.69, 9.17) is 14.6 Å². The number of nitrogens with one attached hydrogen (secondary N) is 1. The van der Waals surface area contributed by atoms with Crippen LogP contribution < -0.4 is 10.1 Å². The van der Waals surface area contributed by atoms with Crippen LogP contribution in [0.25, 0.3) is 0 Å². The Morgan fingerprint density at radius 3 is 2.23 bits per heavy atom. The molecule has 0 heterocycles. The number of ether oxygens (including phenoxy) is 2. The minimum Gasteiger partial charge on any atom is -0.493 e. The molecule has 2 atom stereocenters. The maximum absolute atomic E-state index is 12.6. The third-order valence-corrected chi connectivity index (χ3v) is 4.77. The van der Waals surface area contributed by atoms with E-state index in [0.29, 0.717) is 31.1 Å². The Morgan fingerprint density at radius 2 is 1.68 bits per heavy atom. The zero-order chi connectivity index (χ0) is 22.9. The maximum atomic E-state index is 12.6. The van der Waals surface area contributed by atoms with E-state index in [2.05, 4.69) is 5.32 Å². The van der Waals surface area contributed by atoms with Crippen molar-refractivity contribution in [2.24, 2.45) is 5.92 Å². The molecule has 5 nitrogen and oxygen atoms in total. The molecule has 0 aliphatic heterocycles. The van der Waals surface area contributed by atoms with Gasteiger partial charge in [-0.25, -0.2) is 4.79 Å². The Kier molecular flexibility index (Phi) is 9.18. The lowest BCUT2D eigenvalue weighted by Gasteiger charge is -2.17. The van der Waals surface area contributed by atoms with Gasteiger partial charge in [0.25, 0.3) is 0 Å². The van der Waals surface area contributed by atoms with Crippen LogP contribution in [0.1, 0.15) is 25.0 Å². The van der Waals surface area contributed by atoms with Crippen molar-refractivity contribution in [3.63, 3.8) is 0 Å². The molecule has 0 fully saturated rings. The minimum atomic E-state index is -4.20. The molecule has 0 aliphatic rings. The molecule has 0 amide bonds. The molecular formula is C23H28F3NO4. The highest BCUT2D eigenvalue weighted by molar-refractivity contribution is 5.72. The molecule has 2 unspecified atom stereocenters. The van der Waals surface area contributed by atoms with Crippen LogP contribution in [0.5, 0.6) is 5.75 Å². The second kappa shape index (κ2) is 11.6. The van der Waals surface area contributed by atoms with Gasteiger partial charge in [-0.1, -0.05) is 31.2 Å². The summed E-state index contributed by atoms with van der Waals surface area (Å²) in [5, 5.41) is 11.9. The first-order chi connectivity index (χ1) is 14.7. The van der Waals surface area contributed by atoms with Crippen molar-refractivity contribution in [1.29, 1.82) is 0 Å². The summed E-state index contributed by atoms with van der Waals surface area (Å²) in [5.41, 5.74) is 2.49. The van der Waals surface area contributed by atoms with Gasteiger partial charge in [-0.15, -0.1) is 0 Å². The predicted octanol–water partition coefficient (Wildman–Crippen LogP) is 4.95. The number of alkyl halides is 3. The average Bonchev–Trinajstić information content (AvgIpc) is 2.73. The van der Waals surface area contributed by atoms with Crippen LogP contribution in [-0.2, 0) is 22.4 Å². The fourth-order valence-electron chi connectivity index (χ4n) is 2.82. The average molecular weight is 439 g/mol. The summed E-state index contributed by atoms with van der Waals surface area (Å²) in [4.78, 5) is 11.2. The second-order valence-corrected chi connectivity index (χ2v) is 7.25. The van der Waals surface area contributed by atoms with Crippen LogP contribution >= 0.6 is 0 Å². The summed E-state index contributed by atoms with van der Waals surface area (Å²) in [6, 6.07) is 14.4. The van der Waals surface area contributed by atoms with Gasteiger partial charge in [-0.05, 0) is 42.3 Å². The van der Waals surface area contributed by atoms with Gasteiger partial charge in [-0.3, -0.25) is 0 Å². The molecule has 0 aliphatic carbocycles. The summed E-state index contributed by atoms with van der Waals surface area (Å²) in [7, 11) is 0. The molecule has 2 aromatic carbocycles. The zero-order valence-electron chi connectivity index (χ0n) is 17.6. The molecule has 0 spiro atoms. The molecule has 31 heavy (non-hydrogen) atoms. The van der Waals surface area contributed by atoms with Gasteiger partial charge in [0.05, 0.1) is 12.5 Å². The van der Waals surface area contributed by atoms with Crippen molar-refractivity contribution in [2.75, 3.05) is 25.1 Å². The third-order valence-electron chi connectivity index (χ3n) is 4.77. The maximum Gasteiger partial charge on any atom is 0.393 e. The molecule has 2 rings (SSSR count). The first-order valence-electron chi connectivity index (χ1n) is 10.1. The van der Waals surface area contributed by atoms with Crippen LogP contribution in [-0.4, -0.2) is 43.1 Å². The highest BCUT2D eigenvalue weighted by Crippen LogP contribution is 2.26. The largest absolute Gasteiger partial charge is 0.493 e. The number of carboxylic acid groups (broad SMARTS) is 1. The normalized spacial score (nSPS) is 13.5. The van der Waals surface area contributed by atoms with Crippen LogP contribution in [0.3, 0.4) is 0 Å². The van der Waals surface area contributed by atoms with Crippen LogP contribution in [0.15, 0.2) is 48.5 Å². The minimum absolute atomic E-state index is 0.167. The quantitative estimate of drug-likeness (QED) is 0.490. The summed E-state index contributed by atoms with van der Waals surface area (Å²) in [6.45, 7) is 3.51. The molecular weight excluding hydrogens is 411 g/mol. The second-order valence-electron chi connectivity index (χ2n) is 7.25. The number of hydrogen-bond acceptors (Lipinski definition) is 4. The van der Waals surface area contributed by atoms with E-state index < -0.39 is 24.2 Å². The van der Waals surface area contributed by atoms with Crippen molar-refractivity contribution in [3.8, 4) is 5.75 Å². The van der Waals surface area contributed by atoms with Gasteiger partial charge in [-0.2, -0.15) is 13.2 Å². The Morgan fingerprint density at radius 1 is 1.06 bits per heavy atom. The first kappa shape index (κ1) is 24.5. The lowest BCUT2D eigenvalue weighted by atomic mass is 10.1. The number of anilines is 1. The number of carbonyl (C=O) groups is 1. The van der Waals surface area contributed by atoms with Crippen molar-refractivity contribution < 1.29 is 32.5 Å². The fourth-order valence-corrected chi connectivity index (χ4v) is 2.82. The van der Waals surface area contributed by atoms with E-state index in [1.807, 2.05) is 24.3 Å². The number of benzene rings is 2. The highest BCUT2D eigenvalue weighted by atomic mass is 19.4. The van der Waals surface area contributed by atoms with E-state index in [1.54, 1.807) is 31.2 Å². The monoisotopic (exact) mass is 439 g/mol. The fraction of sp³-hybridized carbons (Fsp3) is 0.435. The molecule has 0 saturated heterocycles. The van der Waals surface area contributed by atoms with Gasteiger partial charge < -0.3 is 19.9 Å². The van der Waals surface area contributed by atoms with Crippen molar-refractivity contribution >= 4 is 11.7 Å². The third kappa shape index (κ3) is 8.49. The summed E-state index contributed by atoms with van der Waals surface area (Å²) in [5.74, 6) is -1.73. The SMILES string of the molecule is CCOC(Cc1ccc(OCCc2ccc(NCC(C)C(F)(F)F)cc2)cc1)C(=O)O. The van der Waals surface area contributed by atoms with Gasteiger partial charge in [0.1, 0.15) is 5.75 Å². The van der Waals surface area contributed by atoms with Crippen molar-refractivity contribution in [2.45, 2.75) is 39.0 Å². The standard InChI is InChI=1S/C23H28F3NO4/c1-3-30-21(22(28)29)14-18-6-10-20(11-7-18)31-13-12-17-4-8-19(9-5-17)27-15-16(2)23(24,25)26/h4-11,16,21,27H,3,12-15H2,1-2H3,(H,28,29). The highest BCUT2D eigenvalue weighted by Gasteiger charge is 2.35. The van der Waals surface area contributed by atoms with Crippen LogP contribution in [0, 0.1) is 5.92 Å². The van der Waals surface area contributed by atoms with Crippen LogP contribution in [0.2, 0.25) is 0 Å². The molecule has 0 bridgehead atoms. The molecule has 0 saturated carbocycles. The zero-order valence-corrected chi connectivity index (χ0v) is 17.6. The number of carboxylic acids is 1. The Balaban J connectivity index is 1.77. The van der Waals surface area contributed by atoms with Crippen molar-refractivity contribution in [3.05, 3.63) is 59.7 Å². The van der Waals surface area contributed by atoms with E-state index in [-0.39, 0.29) is 13.0 Å². The predicted molar refractivity (Wildman–Crippen MR) is 113 cm³/mol.